The molecule has 2 rings (SSSR count). The third kappa shape index (κ3) is 3.82. The first kappa shape index (κ1) is 15.1. The van der Waals surface area contributed by atoms with Gasteiger partial charge in [0.2, 0.25) is 0 Å². The largest absolute Gasteiger partial charge is 0.488 e. The molecule has 1 atom stereocenters. The van der Waals surface area contributed by atoms with Crippen LogP contribution in [0.25, 0.3) is 6.08 Å². The Morgan fingerprint density at radius 1 is 1.43 bits per heavy atom. The number of fused-ring (bicyclic) bond motifs is 1. The van der Waals surface area contributed by atoms with Crippen LogP contribution < -0.4 is 10.1 Å². The van der Waals surface area contributed by atoms with Crippen molar-refractivity contribution in [2.45, 2.75) is 12.5 Å². The van der Waals surface area contributed by atoms with Crippen molar-refractivity contribution in [1.29, 1.82) is 0 Å². The minimum Gasteiger partial charge on any atom is -0.488 e. The van der Waals surface area contributed by atoms with Crippen LogP contribution in [0.2, 0.25) is 0 Å². The Morgan fingerprint density at radius 2 is 2.19 bits per heavy atom. The molecule has 0 saturated carbocycles. The highest BCUT2D eigenvalue weighted by Crippen LogP contribution is 2.25. The van der Waals surface area contributed by atoms with Gasteiger partial charge in [-0.3, -0.25) is 4.79 Å². The molecule has 6 nitrogen and oxygen atoms in total. The standard InChI is InChI=1S/C15H17NO5/c1-20-7-6-12(15(18)19)16-14(17)11-8-10-4-2-3-5-13(10)21-9-11/h2-5,8,12H,6-7,9H2,1H3,(H,16,17)(H,18,19). The van der Waals surface area contributed by atoms with E-state index >= 15 is 0 Å². The number of aliphatic carboxylic acids is 1. The first-order valence-electron chi connectivity index (χ1n) is 6.57. The van der Waals surface area contributed by atoms with Gasteiger partial charge in [0.25, 0.3) is 5.91 Å². The van der Waals surface area contributed by atoms with Crippen molar-refractivity contribution in [1.82, 2.24) is 5.32 Å². The maximum atomic E-state index is 12.1. The molecule has 0 aliphatic carbocycles. The van der Waals surface area contributed by atoms with Crippen LogP contribution in [0.15, 0.2) is 29.8 Å². The van der Waals surface area contributed by atoms with Gasteiger partial charge in [-0.2, -0.15) is 0 Å². The van der Waals surface area contributed by atoms with Crippen LogP contribution in [0.3, 0.4) is 0 Å². The highest BCUT2D eigenvalue weighted by molar-refractivity contribution is 6.00. The Hall–Kier alpha value is -2.34. The minimum atomic E-state index is -1.09. The van der Waals surface area contributed by atoms with Crippen molar-refractivity contribution < 1.29 is 24.2 Å². The summed E-state index contributed by atoms with van der Waals surface area (Å²) in [6.45, 7) is 0.384. The average molecular weight is 291 g/mol. The average Bonchev–Trinajstić information content (AvgIpc) is 2.50. The highest BCUT2D eigenvalue weighted by atomic mass is 16.5. The van der Waals surface area contributed by atoms with E-state index in [1.165, 1.54) is 7.11 Å². The van der Waals surface area contributed by atoms with E-state index in [0.29, 0.717) is 11.3 Å². The second-order valence-corrected chi connectivity index (χ2v) is 4.64. The number of amides is 1. The van der Waals surface area contributed by atoms with Crippen LogP contribution in [0.1, 0.15) is 12.0 Å². The van der Waals surface area contributed by atoms with Gasteiger partial charge in [0.15, 0.2) is 0 Å². The molecule has 1 aromatic carbocycles. The monoisotopic (exact) mass is 291 g/mol. The molecular weight excluding hydrogens is 274 g/mol. The van der Waals surface area contributed by atoms with Gasteiger partial charge in [-0.25, -0.2) is 4.79 Å². The molecule has 21 heavy (non-hydrogen) atoms. The highest BCUT2D eigenvalue weighted by Gasteiger charge is 2.23. The van der Waals surface area contributed by atoms with Crippen molar-refractivity contribution in [2.75, 3.05) is 20.3 Å². The third-order valence-corrected chi connectivity index (χ3v) is 3.14. The fourth-order valence-electron chi connectivity index (χ4n) is 1.99. The van der Waals surface area contributed by atoms with Gasteiger partial charge in [0, 0.05) is 25.7 Å². The molecule has 1 aromatic rings. The molecule has 6 heteroatoms. The number of ether oxygens (including phenoxy) is 2. The van der Waals surface area contributed by atoms with Gasteiger partial charge in [-0.15, -0.1) is 0 Å². The zero-order valence-corrected chi connectivity index (χ0v) is 11.7. The van der Waals surface area contributed by atoms with Crippen LogP contribution in [-0.2, 0) is 14.3 Å². The summed E-state index contributed by atoms with van der Waals surface area (Å²) in [6, 6.07) is 6.37. The lowest BCUT2D eigenvalue weighted by Gasteiger charge is -2.19. The van der Waals surface area contributed by atoms with E-state index in [-0.39, 0.29) is 19.6 Å². The van der Waals surface area contributed by atoms with E-state index in [2.05, 4.69) is 5.32 Å². The lowest BCUT2D eigenvalue weighted by molar-refractivity contribution is -0.141. The van der Waals surface area contributed by atoms with Gasteiger partial charge in [-0.1, -0.05) is 18.2 Å². The predicted octanol–water partition coefficient (Wildman–Crippen LogP) is 1.07. The van der Waals surface area contributed by atoms with Crippen LogP contribution >= 0.6 is 0 Å². The van der Waals surface area contributed by atoms with Gasteiger partial charge in [0.1, 0.15) is 18.4 Å². The van der Waals surface area contributed by atoms with Crippen molar-refractivity contribution in [3.05, 3.63) is 35.4 Å². The van der Waals surface area contributed by atoms with E-state index < -0.39 is 17.9 Å². The molecule has 0 bridgehead atoms. The van der Waals surface area contributed by atoms with E-state index in [0.717, 1.165) is 5.56 Å². The third-order valence-electron chi connectivity index (χ3n) is 3.14. The number of para-hydroxylation sites is 1. The van der Waals surface area contributed by atoms with E-state index in [1.54, 1.807) is 6.08 Å². The van der Waals surface area contributed by atoms with E-state index in [9.17, 15) is 9.59 Å². The molecule has 0 saturated heterocycles. The summed E-state index contributed by atoms with van der Waals surface area (Å²) in [5.74, 6) is -0.811. The molecule has 1 unspecified atom stereocenters. The van der Waals surface area contributed by atoms with Gasteiger partial charge in [-0.05, 0) is 12.1 Å². The van der Waals surface area contributed by atoms with Gasteiger partial charge >= 0.3 is 5.97 Å². The molecule has 1 amide bonds. The summed E-state index contributed by atoms with van der Waals surface area (Å²) in [7, 11) is 1.48. The molecule has 1 heterocycles. The Labute approximate surface area is 122 Å². The first-order valence-corrected chi connectivity index (χ1v) is 6.57. The van der Waals surface area contributed by atoms with Crippen molar-refractivity contribution in [3.8, 4) is 5.75 Å². The fourth-order valence-corrected chi connectivity index (χ4v) is 1.99. The topological polar surface area (TPSA) is 84.9 Å². The lowest BCUT2D eigenvalue weighted by atomic mass is 10.1. The maximum Gasteiger partial charge on any atom is 0.326 e. The second kappa shape index (κ2) is 6.90. The lowest BCUT2D eigenvalue weighted by Crippen LogP contribution is -2.43. The molecule has 1 aliphatic heterocycles. The summed E-state index contributed by atoms with van der Waals surface area (Å²) >= 11 is 0. The van der Waals surface area contributed by atoms with Crippen molar-refractivity contribution in [2.24, 2.45) is 0 Å². The van der Waals surface area contributed by atoms with E-state index in [4.69, 9.17) is 14.6 Å². The maximum absolute atomic E-state index is 12.1. The molecule has 0 spiro atoms. The molecule has 0 aromatic heterocycles. The van der Waals surface area contributed by atoms with Crippen LogP contribution in [0.4, 0.5) is 0 Å². The molecule has 1 aliphatic rings. The van der Waals surface area contributed by atoms with Crippen LogP contribution in [0, 0.1) is 0 Å². The number of carbonyl (C=O) groups excluding carboxylic acids is 1. The molecular formula is C15H17NO5. The number of benzene rings is 1. The minimum absolute atomic E-state index is 0.124. The van der Waals surface area contributed by atoms with E-state index in [1.807, 2.05) is 24.3 Å². The number of methoxy groups -OCH3 is 1. The second-order valence-electron chi connectivity index (χ2n) is 4.64. The first-order chi connectivity index (χ1) is 10.1. The zero-order valence-electron chi connectivity index (χ0n) is 11.7. The normalized spacial score (nSPS) is 14.4. The van der Waals surface area contributed by atoms with Crippen molar-refractivity contribution >= 4 is 18.0 Å². The number of hydrogen-bond donors (Lipinski definition) is 2. The van der Waals surface area contributed by atoms with Gasteiger partial charge < -0.3 is 19.9 Å². The number of carboxylic acid groups (broad SMARTS) is 1. The van der Waals surface area contributed by atoms with Crippen LogP contribution in [-0.4, -0.2) is 43.3 Å². The molecule has 0 fully saturated rings. The molecule has 2 N–H and O–H groups in total. The summed E-state index contributed by atoms with van der Waals surface area (Å²) < 4.78 is 10.3. The Morgan fingerprint density at radius 3 is 2.90 bits per heavy atom. The summed E-state index contributed by atoms with van der Waals surface area (Å²) in [5, 5.41) is 11.6. The van der Waals surface area contributed by atoms with Crippen LogP contribution in [0.5, 0.6) is 5.75 Å². The molecule has 0 radical (unpaired) electrons. The fraction of sp³-hybridized carbons (Fsp3) is 0.333. The van der Waals surface area contributed by atoms with Gasteiger partial charge in [0.05, 0.1) is 5.57 Å². The SMILES string of the molecule is COCCC(NC(=O)C1=Cc2ccccc2OC1)C(=O)O. The Kier molecular flexibility index (Phi) is 4.94. The van der Waals surface area contributed by atoms with Crippen molar-refractivity contribution in [3.63, 3.8) is 0 Å². The predicted molar refractivity (Wildman–Crippen MR) is 76.0 cm³/mol. The quantitative estimate of drug-likeness (QED) is 0.819. The number of hydrogen-bond acceptors (Lipinski definition) is 4. The summed E-state index contributed by atoms with van der Waals surface area (Å²) in [5.41, 5.74) is 1.20. The number of rotatable bonds is 6. The molecule has 112 valence electrons. The number of nitrogens with one attached hydrogen (secondary N) is 1. The Balaban J connectivity index is 2.06. The summed E-state index contributed by atoms with van der Waals surface area (Å²) in [6.07, 6.45) is 1.92. The Bertz CT molecular complexity index is 567. The zero-order chi connectivity index (χ0) is 15.2. The summed E-state index contributed by atoms with van der Waals surface area (Å²) in [4.78, 5) is 23.2. The number of carboxylic acids is 1. The number of carbonyl (C=O) groups is 2. The smallest absolute Gasteiger partial charge is 0.326 e.